The van der Waals surface area contributed by atoms with E-state index in [1.807, 2.05) is 31.5 Å². The second-order valence-electron chi connectivity index (χ2n) is 6.60. The lowest BCUT2D eigenvalue weighted by Crippen LogP contribution is -2.42. The molecular weight excluding hydrogens is 365 g/mol. The highest BCUT2D eigenvalue weighted by atomic mass is 35.5. The van der Waals surface area contributed by atoms with Gasteiger partial charge in [0, 0.05) is 52.7 Å². The van der Waals surface area contributed by atoms with Crippen LogP contribution in [0.25, 0.3) is 17.2 Å². The Hall–Kier alpha value is -1.55. The molecule has 0 amide bonds. The topological polar surface area (TPSA) is 28.2 Å². The number of halogens is 2. The first-order valence-electron chi connectivity index (χ1n) is 9.18. The van der Waals surface area contributed by atoms with Crippen molar-refractivity contribution in [2.45, 2.75) is 32.7 Å². The summed E-state index contributed by atoms with van der Waals surface area (Å²) in [5, 5.41) is 4.85. The zero-order chi connectivity index (χ0) is 18.5. The Labute approximate surface area is 166 Å². The molecule has 0 radical (unpaired) electrons. The Kier molecular flexibility index (Phi) is 6.58. The van der Waals surface area contributed by atoms with Gasteiger partial charge in [0.05, 0.1) is 5.69 Å². The number of piperidine rings is 1. The van der Waals surface area contributed by atoms with Crippen molar-refractivity contribution in [3.05, 3.63) is 52.3 Å². The predicted molar refractivity (Wildman–Crippen MR) is 113 cm³/mol. The zero-order valence-electron chi connectivity index (χ0n) is 15.3. The van der Waals surface area contributed by atoms with Gasteiger partial charge in [0.1, 0.15) is 0 Å². The van der Waals surface area contributed by atoms with E-state index in [2.05, 4.69) is 34.3 Å². The second-order valence-corrected chi connectivity index (χ2v) is 7.47. The molecule has 3 nitrogen and oxygen atoms in total. The molecule has 5 heteroatoms. The van der Waals surface area contributed by atoms with Crippen molar-refractivity contribution in [3.8, 4) is 11.1 Å². The summed E-state index contributed by atoms with van der Waals surface area (Å²) in [4.78, 5) is 6.93. The van der Waals surface area contributed by atoms with Crippen LogP contribution in [0.1, 0.15) is 32.3 Å². The molecule has 0 spiro atoms. The molecular formula is C21H25Cl2N3. The van der Waals surface area contributed by atoms with E-state index in [1.54, 1.807) is 6.07 Å². The maximum atomic E-state index is 6.25. The molecule has 3 rings (SSSR count). The van der Waals surface area contributed by atoms with Crippen LogP contribution < -0.4 is 10.2 Å². The van der Waals surface area contributed by atoms with Gasteiger partial charge in [-0.1, -0.05) is 42.3 Å². The fourth-order valence-corrected chi connectivity index (χ4v) is 4.17. The van der Waals surface area contributed by atoms with Crippen molar-refractivity contribution >= 4 is 35.0 Å². The highest BCUT2D eigenvalue weighted by Crippen LogP contribution is 2.37. The molecule has 1 fully saturated rings. The predicted octanol–water partition coefficient (Wildman–Crippen LogP) is 5.67. The van der Waals surface area contributed by atoms with E-state index in [-0.39, 0.29) is 0 Å². The van der Waals surface area contributed by atoms with E-state index in [0.29, 0.717) is 16.1 Å². The molecule has 0 atom stereocenters. The third-order valence-corrected chi connectivity index (χ3v) is 5.21. The van der Waals surface area contributed by atoms with Gasteiger partial charge in [0.15, 0.2) is 0 Å². The number of anilines is 1. The van der Waals surface area contributed by atoms with Gasteiger partial charge in [0.2, 0.25) is 0 Å². The van der Waals surface area contributed by atoms with Crippen LogP contribution >= 0.6 is 23.2 Å². The zero-order valence-corrected chi connectivity index (χ0v) is 16.8. The molecule has 0 aliphatic carbocycles. The van der Waals surface area contributed by atoms with Gasteiger partial charge in [-0.2, -0.15) is 0 Å². The smallest absolute Gasteiger partial charge is 0.0550 e. The number of allylic oxidation sites excluding steroid dienone is 1. The summed E-state index contributed by atoms with van der Waals surface area (Å²) < 4.78 is 0. The first kappa shape index (κ1) is 19.2. The molecule has 1 aromatic heterocycles. The molecule has 1 aromatic carbocycles. The van der Waals surface area contributed by atoms with Crippen LogP contribution in [0.2, 0.25) is 10.0 Å². The van der Waals surface area contributed by atoms with E-state index in [0.717, 1.165) is 49.2 Å². The number of hydrogen-bond acceptors (Lipinski definition) is 3. The normalized spacial score (nSPS) is 15.8. The quantitative estimate of drug-likeness (QED) is 0.713. The van der Waals surface area contributed by atoms with Crippen LogP contribution in [0.15, 0.2) is 36.7 Å². The summed E-state index contributed by atoms with van der Waals surface area (Å²) in [6, 6.07) is 6.28. The van der Waals surface area contributed by atoms with Crippen LogP contribution in [-0.2, 0) is 0 Å². The highest BCUT2D eigenvalue weighted by Gasteiger charge is 2.23. The van der Waals surface area contributed by atoms with Gasteiger partial charge in [-0.25, -0.2) is 0 Å². The average Bonchev–Trinajstić information content (AvgIpc) is 2.62. The minimum Gasteiger partial charge on any atom is -0.370 e. The standard InChI is InChI=1S/C21H25Cl2N3/c1-3-5-15-13-24-14-20(16-10-17(22)12-18(23)11-16)21(15)26-8-6-19(7-9-26)25-4-2/h3,5,10-14,19,25H,4,6-9H2,1-2H3/b5-3+. The lowest BCUT2D eigenvalue weighted by molar-refractivity contribution is 0.424. The summed E-state index contributed by atoms with van der Waals surface area (Å²) in [6.07, 6.45) is 10.3. The van der Waals surface area contributed by atoms with E-state index in [9.17, 15) is 0 Å². The minimum absolute atomic E-state index is 0.604. The summed E-state index contributed by atoms with van der Waals surface area (Å²) in [6.45, 7) is 7.27. The molecule has 0 bridgehead atoms. The maximum absolute atomic E-state index is 6.25. The molecule has 2 heterocycles. The Morgan fingerprint density at radius 1 is 1.15 bits per heavy atom. The SMILES string of the molecule is C/C=C/c1cncc(-c2cc(Cl)cc(Cl)c2)c1N1CCC(NCC)CC1. The number of benzene rings is 1. The molecule has 2 aromatic rings. The number of pyridine rings is 1. The van der Waals surface area contributed by atoms with Crippen LogP contribution in [0.5, 0.6) is 0 Å². The molecule has 0 saturated carbocycles. The molecule has 26 heavy (non-hydrogen) atoms. The van der Waals surface area contributed by atoms with Crippen molar-refractivity contribution < 1.29 is 0 Å². The first-order valence-corrected chi connectivity index (χ1v) is 9.93. The molecule has 1 N–H and O–H groups in total. The van der Waals surface area contributed by atoms with Gasteiger partial charge in [-0.05, 0) is 50.1 Å². The van der Waals surface area contributed by atoms with Crippen molar-refractivity contribution in [1.82, 2.24) is 10.3 Å². The first-order chi connectivity index (χ1) is 12.6. The van der Waals surface area contributed by atoms with Gasteiger partial charge in [-0.15, -0.1) is 0 Å². The lowest BCUT2D eigenvalue weighted by atomic mass is 9.98. The van der Waals surface area contributed by atoms with Crippen molar-refractivity contribution in [2.24, 2.45) is 0 Å². The fourth-order valence-electron chi connectivity index (χ4n) is 3.64. The maximum Gasteiger partial charge on any atom is 0.0550 e. The van der Waals surface area contributed by atoms with E-state index >= 15 is 0 Å². The number of nitrogens with zero attached hydrogens (tertiary/aromatic N) is 2. The number of hydrogen-bond donors (Lipinski definition) is 1. The number of rotatable bonds is 5. The summed E-state index contributed by atoms with van der Waals surface area (Å²) in [5.74, 6) is 0. The Balaban J connectivity index is 2.02. The van der Waals surface area contributed by atoms with Gasteiger partial charge in [-0.3, -0.25) is 4.98 Å². The van der Waals surface area contributed by atoms with Crippen molar-refractivity contribution in [2.75, 3.05) is 24.5 Å². The monoisotopic (exact) mass is 389 g/mol. The summed E-state index contributed by atoms with van der Waals surface area (Å²) >= 11 is 12.5. The Morgan fingerprint density at radius 3 is 2.46 bits per heavy atom. The van der Waals surface area contributed by atoms with Crippen molar-refractivity contribution in [3.63, 3.8) is 0 Å². The molecule has 1 saturated heterocycles. The third-order valence-electron chi connectivity index (χ3n) is 4.77. The van der Waals surface area contributed by atoms with E-state index < -0.39 is 0 Å². The van der Waals surface area contributed by atoms with E-state index in [1.165, 1.54) is 5.69 Å². The van der Waals surface area contributed by atoms with Crippen LogP contribution in [-0.4, -0.2) is 30.7 Å². The lowest BCUT2D eigenvalue weighted by Gasteiger charge is -2.36. The second kappa shape index (κ2) is 8.90. The number of nitrogens with one attached hydrogen (secondary N) is 1. The third kappa shape index (κ3) is 4.40. The van der Waals surface area contributed by atoms with Crippen molar-refractivity contribution in [1.29, 1.82) is 0 Å². The van der Waals surface area contributed by atoms with E-state index in [4.69, 9.17) is 23.2 Å². The highest BCUT2D eigenvalue weighted by molar-refractivity contribution is 6.35. The molecule has 1 aliphatic rings. The summed E-state index contributed by atoms with van der Waals surface area (Å²) in [7, 11) is 0. The Bertz CT molecular complexity index is 761. The molecule has 1 aliphatic heterocycles. The number of aromatic nitrogens is 1. The summed E-state index contributed by atoms with van der Waals surface area (Å²) in [5.41, 5.74) is 4.42. The average molecular weight is 390 g/mol. The van der Waals surface area contributed by atoms with Crippen LogP contribution in [0, 0.1) is 0 Å². The molecule has 0 unspecified atom stereocenters. The largest absolute Gasteiger partial charge is 0.370 e. The molecule has 138 valence electrons. The fraction of sp³-hybridized carbons (Fsp3) is 0.381. The Morgan fingerprint density at radius 2 is 1.85 bits per heavy atom. The van der Waals surface area contributed by atoms with Gasteiger partial charge < -0.3 is 10.2 Å². The van der Waals surface area contributed by atoms with Crippen LogP contribution in [0.4, 0.5) is 5.69 Å². The van der Waals surface area contributed by atoms with Gasteiger partial charge >= 0.3 is 0 Å². The minimum atomic E-state index is 0.604. The van der Waals surface area contributed by atoms with Crippen LogP contribution in [0.3, 0.4) is 0 Å². The van der Waals surface area contributed by atoms with Gasteiger partial charge in [0.25, 0.3) is 0 Å².